The molecule has 0 fully saturated rings. The van der Waals surface area contributed by atoms with Crippen molar-refractivity contribution < 1.29 is 50.1 Å². The largest absolute Gasteiger partial charge is 0.478 e. The number of carbonyl (C=O) groups is 3. The first-order chi connectivity index (χ1) is 11.1. The summed E-state index contributed by atoms with van der Waals surface area (Å²) in [5.74, 6) is -2.13. The van der Waals surface area contributed by atoms with Gasteiger partial charge < -0.3 is 40.5 Å². The Balaban J connectivity index is 0.000000441. The standard InChI is InChI=1S/C8H6O4.C6H12O6/c9-7(10)5-1-2-6(4-3-5)8(11)12;7-1-3(9)5(11)6(12)4(10)2-8/h1-4H,(H,9,10)(H,11,12);1,3-6,8-12H,2H2/t;3-,4+,5+,6+/m.0/s1. The van der Waals surface area contributed by atoms with Crippen molar-refractivity contribution in [3.8, 4) is 0 Å². The van der Waals surface area contributed by atoms with E-state index in [1.807, 2.05) is 0 Å². The predicted octanol–water partition coefficient (Wildman–Crippen LogP) is -2.30. The minimum absolute atomic E-state index is 0.0258. The summed E-state index contributed by atoms with van der Waals surface area (Å²) in [6.45, 7) is -0.760. The Morgan fingerprint density at radius 1 is 0.875 bits per heavy atom. The lowest BCUT2D eigenvalue weighted by Gasteiger charge is -2.22. The number of carboxylic acid groups (broad SMARTS) is 2. The molecule has 0 aliphatic carbocycles. The summed E-state index contributed by atoms with van der Waals surface area (Å²) in [6, 6.07) is 5.02. The highest BCUT2D eigenvalue weighted by Crippen LogP contribution is 2.04. The van der Waals surface area contributed by atoms with Crippen molar-refractivity contribution in [2.45, 2.75) is 24.4 Å². The second-order valence-corrected chi connectivity index (χ2v) is 4.55. The Morgan fingerprint density at radius 2 is 1.25 bits per heavy atom. The molecular weight excluding hydrogens is 328 g/mol. The normalized spacial score (nSPS) is 15.2. The van der Waals surface area contributed by atoms with Gasteiger partial charge in [-0.15, -0.1) is 0 Å². The zero-order valence-corrected chi connectivity index (χ0v) is 12.3. The van der Waals surface area contributed by atoms with Crippen molar-refractivity contribution in [2.24, 2.45) is 0 Å². The number of aliphatic hydroxyl groups excluding tert-OH is 5. The van der Waals surface area contributed by atoms with Crippen molar-refractivity contribution in [3.05, 3.63) is 35.4 Å². The quantitative estimate of drug-likeness (QED) is 0.264. The third-order valence-electron chi connectivity index (χ3n) is 2.80. The highest BCUT2D eigenvalue weighted by atomic mass is 16.4. The van der Waals surface area contributed by atoms with Crippen LogP contribution < -0.4 is 0 Å². The van der Waals surface area contributed by atoms with Crippen LogP contribution in [0.4, 0.5) is 0 Å². The van der Waals surface area contributed by atoms with E-state index in [0.717, 1.165) is 0 Å². The first kappa shape index (κ1) is 21.6. The molecule has 0 aliphatic heterocycles. The van der Waals surface area contributed by atoms with E-state index in [0.29, 0.717) is 0 Å². The number of benzene rings is 1. The Morgan fingerprint density at radius 3 is 1.50 bits per heavy atom. The van der Waals surface area contributed by atoms with Crippen LogP contribution in [0.2, 0.25) is 0 Å². The fraction of sp³-hybridized carbons (Fsp3) is 0.357. The molecular formula is C14H18O10. The van der Waals surface area contributed by atoms with E-state index in [1.54, 1.807) is 0 Å². The first-order valence-electron chi connectivity index (χ1n) is 6.50. The van der Waals surface area contributed by atoms with Gasteiger partial charge in [-0.05, 0) is 24.3 Å². The Bertz CT molecular complexity index is 508. The van der Waals surface area contributed by atoms with Crippen LogP contribution in [0, 0.1) is 0 Å². The number of carboxylic acids is 2. The molecule has 0 bridgehead atoms. The van der Waals surface area contributed by atoms with E-state index in [4.69, 9.17) is 35.7 Å². The van der Waals surface area contributed by atoms with E-state index in [9.17, 15) is 14.4 Å². The topological polar surface area (TPSA) is 193 Å². The molecule has 134 valence electrons. The zero-order chi connectivity index (χ0) is 18.9. The molecule has 7 N–H and O–H groups in total. The third kappa shape index (κ3) is 6.81. The Kier molecular flexibility index (Phi) is 9.38. The van der Waals surface area contributed by atoms with Crippen LogP contribution in [0.15, 0.2) is 24.3 Å². The van der Waals surface area contributed by atoms with Crippen LogP contribution in [0.25, 0.3) is 0 Å². The summed E-state index contributed by atoms with van der Waals surface area (Å²) < 4.78 is 0. The number of aromatic carboxylic acids is 2. The number of aliphatic hydroxyl groups is 5. The van der Waals surface area contributed by atoms with Crippen molar-refractivity contribution in [1.29, 1.82) is 0 Å². The van der Waals surface area contributed by atoms with Crippen LogP contribution in [-0.4, -0.2) is 85.0 Å². The lowest BCUT2D eigenvalue weighted by molar-refractivity contribution is -0.136. The molecule has 4 atom stereocenters. The maximum atomic E-state index is 10.3. The van der Waals surface area contributed by atoms with Crippen molar-refractivity contribution in [1.82, 2.24) is 0 Å². The number of carbonyl (C=O) groups excluding carboxylic acids is 1. The smallest absolute Gasteiger partial charge is 0.335 e. The minimum atomic E-state index is -1.79. The molecule has 0 amide bonds. The highest BCUT2D eigenvalue weighted by Gasteiger charge is 2.29. The molecule has 0 saturated carbocycles. The highest BCUT2D eigenvalue weighted by molar-refractivity contribution is 5.91. The SMILES string of the molecule is O=C(O)c1ccc(C(=O)O)cc1.O=C[C@H](O)[C@@H](O)[C@H](O)[C@H](O)CO. The van der Waals surface area contributed by atoms with Gasteiger partial charge in [-0.1, -0.05) is 0 Å². The lowest BCUT2D eigenvalue weighted by Crippen LogP contribution is -2.46. The van der Waals surface area contributed by atoms with Gasteiger partial charge >= 0.3 is 11.9 Å². The molecule has 0 unspecified atom stereocenters. The maximum absolute atomic E-state index is 10.3. The first-order valence-corrected chi connectivity index (χ1v) is 6.50. The van der Waals surface area contributed by atoms with Crippen LogP contribution in [0.5, 0.6) is 0 Å². The second-order valence-electron chi connectivity index (χ2n) is 4.55. The molecule has 1 aromatic carbocycles. The van der Waals surface area contributed by atoms with Crippen molar-refractivity contribution in [3.63, 3.8) is 0 Å². The summed E-state index contributed by atoms with van der Waals surface area (Å²) in [7, 11) is 0. The molecule has 1 aromatic rings. The van der Waals surface area contributed by atoms with Crippen molar-refractivity contribution >= 4 is 18.2 Å². The van der Waals surface area contributed by atoms with Gasteiger partial charge in [0.15, 0.2) is 6.29 Å². The summed E-state index contributed by atoms with van der Waals surface area (Å²) in [5.41, 5.74) is 0.167. The Labute approximate surface area is 135 Å². The van der Waals surface area contributed by atoms with E-state index in [-0.39, 0.29) is 17.4 Å². The van der Waals surface area contributed by atoms with Crippen LogP contribution in [0.3, 0.4) is 0 Å². The van der Waals surface area contributed by atoms with E-state index in [1.165, 1.54) is 24.3 Å². The van der Waals surface area contributed by atoms with Crippen LogP contribution >= 0.6 is 0 Å². The predicted molar refractivity (Wildman–Crippen MR) is 77.5 cm³/mol. The van der Waals surface area contributed by atoms with Gasteiger partial charge in [0.1, 0.15) is 24.4 Å². The van der Waals surface area contributed by atoms with Gasteiger partial charge in [0.05, 0.1) is 17.7 Å². The van der Waals surface area contributed by atoms with Gasteiger partial charge in [0.2, 0.25) is 0 Å². The monoisotopic (exact) mass is 346 g/mol. The molecule has 10 nitrogen and oxygen atoms in total. The second kappa shape index (κ2) is 10.4. The summed E-state index contributed by atoms with van der Waals surface area (Å²) >= 11 is 0. The summed E-state index contributed by atoms with van der Waals surface area (Å²) in [6.07, 6.45) is -6.84. The average molecular weight is 346 g/mol. The molecule has 1 rings (SSSR count). The van der Waals surface area contributed by atoms with E-state index >= 15 is 0 Å². The van der Waals surface area contributed by atoms with E-state index in [2.05, 4.69) is 0 Å². The van der Waals surface area contributed by atoms with Crippen molar-refractivity contribution in [2.75, 3.05) is 6.61 Å². The molecule has 0 radical (unpaired) electrons. The van der Waals surface area contributed by atoms with Gasteiger partial charge in [-0.25, -0.2) is 9.59 Å². The number of hydrogen-bond donors (Lipinski definition) is 7. The molecule has 0 aliphatic rings. The molecule has 0 saturated heterocycles. The van der Waals surface area contributed by atoms with Crippen LogP contribution in [0.1, 0.15) is 20.7 Å². The third-order valence-corrected chi connectivity index (χ3v) is 2.80. The van der Waals surface area contributed by atoms with Gasteiger partial charge in [0, 0.05) is 0 Å². The molecule has 24 heavy (non-hydrogen) atoms. The molecule has 0 aromatic heterocycles. The fourth-order valence-corrected chi connectivity index (χ4v) is 1.37. The number of hydrogen-bond acceptors (Lipinski definition) is 8. The van der Waals surface area contributed by atoms with Gasteiger partial charge in [-0.2, -0.15) is 0 Å². The number of rotatable bonds is 7. The average Bonchev–Trinajstić information content (AvgIpc) is 2.59. The minimum Gasteiger partial charge on any atom is -0.478 e. The molecule has 0 heterocycles. The molecule has 10 heteroatoms. The fourth-order valence-electron chi connectivity index (χ4n) is 1.37. The summed E-state index contributed by atoms with van der Waals surface area (Å²) in [4.78, 5) is 30.6. The Hall–Kier alpha value is -2.37. The van der Waals surface area contributed by atoms with E-state index < -0.39 is 43.0 Å². The van der Waals surface area contributed by atoms with Crippen LogP contribution in [-0.2, 0) is 4.79 Å². The summed E-state index contributed by atoms with van der Waals surface area (Å²) in [5, 5.41) is 60.5. The van der Waals surface area contributed by atoms with Gasteiger partial charge in [-0.3, -0.25) is 0 Å². The molecule has 0 spiro atoms. The lowest BCUT2D eigenvalue weighted by atomic mass is 10.0. The van der Waals surface area contributed by atoms with Gasteiger partial charge in [0.25, 0.3) is 0 Å². The number of aldehydes is 1. The zero-order valence-electron chi connectivity index (χ0n) is 12.3. The maximum Gasteiger partial charge on any atom is 0.335 e.